The van der Waals surface area contributed by atoms with Crippen molar-refractivity contribution in [2.24, 2.45) is 0 Å². The molecule has 0 heterocycles. The zero-order valence-corrected chi connectivity index (χ0v) is 17.6. The van der Waals surface area contributed by atoms with Crippen molar-refractivity contribution in [1.82, 2.24) is 0 Å². The molecule has 0 radical (unpaired) electrons. The van der Waals surface area contributed by atoms with E-state index in [4.69, 9.17) is 4.74 Å². The van der Waals surface area contributed by atoms with Crippen LogP contribution in [0.15, 0.2) is 114 Å². The summed E-state index contributed by atoms with van der Waals surface area (Å²) in [4.78, 5) is 1.26. The predicted molar refractivity (Wildman–Crippen MR) is 127 cm³/mol. The van der Waals surface area contributed by atoms with Crippen LogP contribution in [0.3, 0.4) is 0 Å². The van der Waals surface area contributed by atoms with Gasteiger partial charge in [0, 0.05) is 16.0 Å². The van der Waals surface area contributed by atoms with E-state index in [-0.39, 0.29) is 5.25 Å². The van der Waals surface area contributed by atoms with Crippen molar-refractivity contribution in [2.45, 2.75) is 17.1 Å². The fourth-order valence-corrected chi connectivity index (χ4v) is 5.10. The van der Waals surface area contributed by atoms with Crippen molar-refractivity contribution in [3.63, 3.8) is 0 Å². The molecule has 30 heavy (non-hydrogen) atoms. The van der Waals surface area contributed by atoms with E-state index in [0.717, 1.165) is 11.5 Å². The molecule has 4 aromatic carbocycles. The minimum atomic E-state index is 0.171. The highest BCUT2D eigenvalue weighted by Gasteiger charge is 2.34. The van der Waals surface area contributed by atoms with Gasteiger partial charge in [0.2, 0.25) is 0 Å². The largest absolute Gasteiger partial charge is 0.456 e. The lowest BCUT2D eigenvalue weighted by molar-refractivity contribution is 0.518. The molecule has 0 amide bonds. The van der Waals surface area contributed by atoms with Crippen molar-refractivity contribution < 1.29 is 4.74 Å². The Kier molecular flexibility index (Phi) is 5.17. The molecule has 4 aromatic rings. The summed E-state index contributed by atoms with van der Waals surface area (Å²) in [7, 11) is 0. The molecule has 0 fully saturated rings. The van der Waals surface area contributed by atoms with E-state index < -0.39 is 0 Å². The normalized spacial score (nSPS) is 15.2. The van der Waals surface area contributed by atoms with Crippen LogP contribution >= 0.6 is 11.8 Å². The van der Waals surface area contributed by atoms with Crippen molar-refractivity contribution in [3.8, 4) is 5.75 Å². The first-order valence-electron chi connectivity index (χ1n) is 10.1. The van der Waals surface area contributed by atoms with Gasteiger partial charge in [0.15, 0.2) is 0 Å². The Morgan fingerprint density at radius 3 is 2.03 bits per heavy atom. The number of aryl methyl sites for hydroxylation is 1. The number of thioether (sulfide) groups is 1. The summed E-state index contributed by atoms with van der Waals surface area (Å²) in [5, 5.41) is 0.171. The molecule has 5 rings (SSSR count). The molecular weight excluding hydrogens is 384 g/mol. The molecule has 0 saturated carbocycles. The average Bonchev–Trinajstić information content (AvgIpc) is 3.10. The predicted octanol–water partition coefficient (Wildman–Crippen LogP) is 7.79. The Morgan fingerprint density at radius 1 is 0.667 bits per heavy atom. The fourth-order valence-electron chi connectivity index (χ4n) is 3.84. The Bertz CT molecular complexity index is 1180. The van der Waals surface area contributed by atoms with Gasteiger partial charge in [0.05, 0.1) is 5.25 Å². The summed E-state index contributed by atoms with van der Waals surface area (Å²) >= 11 is 1.88. The minimum Gasteiger partial charge on any atom is -0.456 e. The molecule has 0 N–H and O–H groups in total. The van der Waals surface area contributed by atoms with Gasteiger partial charge < -0.3 is 4.74 Å². The number of hydrogen-bond acceptors (Lipinski definition) is 2. The third kappa shape index (κ3) is 3.67. The van der Waals surface area contributed by atoms with Crippen LogP contribution in [0.4, 0.5) is 0 Å². The van der Waals surface area contributed by atoms with Crippen LogP contribution < -0.4 is 4.74 Å². The molecule has 1 aliphatic carbocycles. The third-order valence-electron chi connectivity index (χ3n) is 5.32. The number of fused-ring (bicyclic) bond motifs is 1. The molecule has 0 saturated heterocycles. The van der Waals surface area contributed by atoms with Gasteiger partial charge in [-0.1, -0.05) is 90.5 Å². The standard InChI is InChI=1S/C28H22OS/c1-20-16-18-23(19-17-20)30-28-25-15-9-8-14-24(25)27(29-22-12-6-3-7-13-22)26(28)21-10-4-2-5-11-21/h2-19,28H,1H3. The molecule has 0 spiro atoms. The topological polar surface area (TPSA) is 9.23 Å². The van der Waals surface area contributed by atoms with Crippen molar-refractivity contribution in [3.05, 3.63) is 131 Å². The molecule has 0 aromatic heterocycles. The van der Waals surface area contributed by atoms with Crippen LogP contribution in [-0.4, -0.2) is 0 Å². The number of hydrogen-bond donors (Lipinski definition) is 0. The Hall–Kier alpha value is -3.23. The summed E-state index contributed by atoms with van der Waals surface area (Å²) in [6.07, 6.45) is 0. The lowest BCUT2D eigenvalue weighted by Crippen LogP contribution is -1.97. The Balaban J connectivity index is 1.66. The second kappa shape index (κ2) is 8.25. The van der Waals surface area contributed by atoms with Gasteiger partial charge in [0.1, 0.15) is 11.5 Å². The number of benzene rings is 4. The molecule has 2 heteroatoms. The van der Waals surface area contributed by atoms with Crippen molar-refractivity contribution >= 4 is 23.1 Å². The van der Waals surface area contributed by atoms with Crippen LogP contribution in [-0.2, 0) is 0 Å². The van der Waals surface area contributed by atoms with Gasteiger partial charge in [-0.3, -0.25) is 0 Å². The first-order valence-corrected chi connectivity index (χ1v) is 11.0. The van der Waals surface area contributed by atoms with E-state index in [9.17, 15) is 0 Å². The van der Waals surface area contributed by atoms with E-state index in [1.165, 1.54) is 32.7 Å². The van der Waals surface area contributed by atoms with Gasteiger partial charge in [0.25, 0.3) is 0 Å². The molecule has 1 atom stereocenters. The SMILES string of the molecule is Cc1ccc(SC2C(c3ccccc3)=C(Oc3ccccc3)c3ccccc32)cc1. The van der Waals surface area contributed by atoms with E-state index in [0.29, 0.717) is 0 Å². The van der Waals surface area contributed by atoms with Gasteiger partial charge in [-0.05, 0) is 42.3 Å². The maximum Gasteiger partial charge on any atom is 0.140 e. The number of rotatable bonds is 5. The minimum absolute atomic E-state index is 0.171. The second-order valence-corrected chi connectivity index (χ2v) is 8.60. The van der Waals surface area contributed by atoms with Crippen molar-refractivity contribution in [2.75, 3.05) is 0 Å². The Morgan fingerprint density at radius 2 is 1.30 bits per heavy atom. The quantitative estimate of drug-likeness (QED) is 0.334. The number of para-hydroxylation sites is 1. The van der Waals surface area contributed by atoms with Crippen molar-refractivity contribution in [1.29, 1.82) is 0 Å². The summed E-state index contributed by atoms with van der Waals surface area (Å²) in [6.45, 7) is 2.13. The lowest BCUT2D eigenvalue weighted by Gasteiger charge is -2.17. The zero-order chi connectivity index (χ0) is 20.3. The molecule has 1 aliphatic rings. The lowest BCUT2D eigenvalue weighted by atomic mass is 10.0. The van der Waals surface area contributed by atoms with E-state index in [1.807, 2.05) is 42.1 Å². The maximum atomic E-state index is 6.52. The summed E-state index contributed by atoms with van der Waals surface area (Å²) < 4.78 is 6.52. The van der Waals surface area contributed by atoms with Crippen LogP contribution in [0.1, 0.15) is 27.5 Å². The second-order valence-electron chi connectivity index (χ2n) is 7.42. The monoisotopic (exact) mass is 406 g/mol. The van der Waals surface area contributed by atoms with Gasteiger partial charge in [-0.15, -0.1) is 11.8 Å². The van der Waals surface area contributed by atoms with Crippen LogP contribution in [0, 0.1) is 6.92 Å². The Labute approximate surface area is 182 Å². The third-order valence-corrected chi connectivity index (χ3v) is 6.59. The summed E-state index contributed by atoms with van der Waals surface area (Å²) in [5.74, 6) is 1.81. The van der Waals surface area contributed by atoms with Gasteiger partial charge >= 0.3 is 0 Å². The molecule has 1 unspecified atom stereocenters. The van der Waals surface area contributed by atoms with E-state index in [2.05, 4.69) is 85.8 Å². The van der Waals surface area contributed by atoms with Gasteiger partial charge in [-0.2, -0.15) is 0 Å². The van der Waals surface area contributed by atoms with Gasteiger partial charge in [-0.25, -0.2) is 0 Å². The first-order chi connectivity index (χ1) is 14.8. The van der Waals surface area contributed by atoms with Crippen LogP contribution in [0.5, 0.6) is 5.75 Å². The summed E-state index contributed by atoms with van der Waals surface area (Å²) in [5.41, 5.74) is 6.17. The van der Waals surface area contributed by atoms with E-state index >= 15 is 0 Å². The molecular formula is C28H22OS. The molecule has 0 bridgehead atoms. The smallest absolute Gasteiger partial charge is 0.140 e. The highest BCUT2D eigenvalue weighted by Crippen LogP contribution is 2.54. The summed E-state index contributed by atoms with van der Waals surface area (Å²) in [6, 6.07) is 38.1. The number of ether oxygens (including phenoxy) is 1. The van der Waals surface area contributed by atoms with Crippen LogP contribution in [0.2, 0.25) is 0 Å². The first kappa shape index (κ1) is 18.8. The molecule has 146 valence electrons. The zero-order valence-electron chi connectivity index (χ0n) is 16.8. The highest BCUT2D eigenvalue weighted by molar-refractivity contribution is 8.00. The average molecular weight is 407 g/mol. The van der Waals surface area contributed by atoms with Crippen LogP contribution in [0.25, 0.3) is 11.3 Å². The van der Waals surface area contributed by atoms with E-state index in [1.54, 1.807) is 0 Å². The highest BCUT2D eigenvalue weighted by atomic mass is 32.2. The maximum absolute atomic E-state index is 6.52. The fraction of sp³-hybridized carbons (Fsp3) is 0.0714. The molecule has 1 nitrogen and oxygen atoms in total. The molecule has 0 aliphatic heterocycles.